The lowest BCUT2D eigenvalue weighted by Crippen LogP contribution is -2.29. The SMILES string of the molecule is CC(C)C(=O)NCCCCNC(=O)/C=C/c1ccccc1. The summed E-state index contributed by atoms with van der Waals surface area (Å²) in [5.74, 6) is 0.00252. The number of unbranched alkanes of at least 4 members (excludes halogenated alkanes) is 1. The van der Waals surface area contributed by atoms with E-state index in [4.69, 9.17) is 0 Å². The van der Waals surface area contributed by atoms with Gasteiger partial charge in [-0.3, -0.25) is 9.59 Å². The predicted octanol–water partition coefficient (Wildman–Crippen LogP) is 2.37. The van der Waals surface area contributed by atoms with Gasteiger partial charge in [-0.2, -0.15) is 0 Å². The van der Waals surface area contributed by atoms with Crippen molar-refractivity contribution in [2.24, 2.45) is 5.92 Å². The summed E-state index contributed by atoms with van der Waals surface area (Å²) in [6.07, 6.45) is 5.04. The van der Waals surface area contributed by atoms with Gasteiger partial charge < -0.3 is 10.6 Å². The van der Waals surface area contributed by atoms with Crippen LogP contribution in [0.25, 0.3) is 6.08 Å². The van der Waals surface area contributed by atoms with E-state index in [0.29, 0.717) is 13.1 Å². The van der Waals surface area contributed by atoms with Crippen LogP contribution in [0.2, 0.25) is 0 Å². The fourth-order valence-electron chi connectivity index (χ4n) is 1.67. The second-order valence-corrected chi connectivity index (χ2v) is 5.19. The van der Waals surface area contributed by atoms with Crippen LogP contribution in [0.15, 0.2) is 36.4 Å². The average Bonchev–Trinajstić information content (AvgIpc) is 2.49. The van der Waals surface area contributed by atoms with Gasteiger partial charge in [0.25, 0.3) is 0 Å². The van der Waals surface area contributed by atoms with Gasteiger partial charge in [-0.1, -0.05) is 44.2 Å². The molecule has 0 heterocycles. The number of rotatable bonds is 8. The van der Waals surface area contributed by atoms with Gasteiger partial charge >= 0.3 is 0 Å². The van der Waals surface area contributed by atoms with Gasteiger partial charge in [0.15, 0.2) is 0 Å². The number of amides is 2. The third kappa shape index (κ3) is 7.92. The Morgan fingerprint density at radius 2 is 1.67 bits per heavy atom. The van der Waals surface area contributed by atoms with E-state index in [1.165, 1.54) is 6.08 Å². The van der Waals surface area contributed by atoms with Crippen molar-refractivity contribution < 1.29 is 9.59 Å². The molecule has 0 aromatic heterocycles. The Morgan fingerprint density at radius 1 is 1.05 bits per heavy atom. The summed E-state index contributed by atoms with van der Waals surface area (Å²) in [6, 6.07) is 9.70. The molecule has 0 atom stereocenters. The number of hydrogen-bond donors (Lipinski definition) is 2. The van der Waals surface area contributed by atoms with Crippen LogP contribution >= 0.6 is 0 Å². The van der Waals surface area contributed by atoms with Gasteiger partial charge in [0, 0.05) is 25.1 Å². The Hall–Kier alpha value is -2.10. The molecule has 0 aliphatic heterocycles. The standard InChI is InChI=1S/C17H24N2O2/c1-14(2)17(21)19-13-7-6-12-18-16(20)11-10-15-8-4-3-5-9-15/h3-5,8-11,14H,6-7,12-13H2,1-2H3,(H,18,20)(H,19,21)/b11-10+. The minimum atomic E-state index is -0.0925. The highest BCUT2D eigenvalue weighted by Crippen LogP contribution is 2.00. The molecule has 4 heteroatoms. The van der Waals surface area contributed by atoms with Gasteiger partial charge in [0.2, 0.25) is 11.8 Å². The molecular weight excluding hydrogens is 264 g/mol. The summed E-state index contributed by atoms with van der Waals surface area (Å²) in [5, 5.41) is 5.68. The molecule has 114 valence electrons. The fraction of sp³-hybridized carbons (Fsp3) is 0.412. The molecule has 0 unspecified atom stereocenters. The van der Waals surface area contributed by atoms with Crippen molar-refractivity contribution in [3.63, 3.8) is 0 Å². The number of hydrogen-bond acceptors (Lipinski definition) is 2. The molecule has 0 spiro atoms. The van der Waals surface area contributed by atoms with E-state index in [9.17, 15) is 9.59 Å². The highest BCUT2D eigenvalue weighted by Gasteiger charge is 2.04. The van der Waals surface area contributed by atoms with E-state index < -0.39 is 0 Å². The van der Waals surface area contributed by atoms with E-state index in [2.05, 4.69) is 10.6 Å². The van der Waals surface area contributed by atoms with Crippen molar-refractivity contribution in [3.05, 3.63) is 42.0 Å². The first-order valence-electron chi connectivity index (χ1n) is 7.38. The molecule has 2 amide bonds. The Morgan fingerprint density at radius 3 is 2.29 bits per heavy atom. The third-order valence-electron chi connectivity index (χ3n) is 2.95. The first kappa shape index (κ1) is 17.0. The predicted molar refractivity (Wildman–Crippen MR) is 85.6 cm³/mol. The lowest BCUT2D eigenvalue weighted by Gasteiger charge is -2.07. The largest absolute Gasteiger partial charge is 0.356 e. The fourth-order valence-corrected chi connectivity index (χ4v) is 1.67. The molecule has 1 aromatic carbocycles. The maximum absolute atomic E-state index is 11.6. The normalized spacial score (nSPS) is 10.8. The van der Waals surface area contributed by atoms with Crippen molar-refractivity contribution in [3.8, 4) is 0 Å². The van der Waals surface area contributed by atoms with Crippen LogP contribution in [0.1, 0.15) is 32.3 Å². The minimum absolute atomic E-state index is 0.0211. The topological polar surface area (TPSA) is 58.2 Å². The van der Waals surface area contributed by atoms with Gasteiger partial charge in [0.05, 0.1) is 0 Å². The van der Waals surface area contributed by atoms with E-state index >= 15 is 0 Å². The Kier molecular flexibility index (Phi) is 7.87. The highest BCUT2D eigenvalue weighted by atomic mass is 16.2. The Balaban J connectivity index is 2.09. The minimum Gasteiger partial charge on any atom is -0.356 e. The summed E-state index contributed by atoms with van der Waals surface area (Å²) in [5.41, 5.74) is 1.00. The van der Waals surface area contributed by atoms with Crippen LogP contribution in [0.4, 0.5) is 0 Å². The summed E-state index contributed by atoms with van der Waals surface area (Å²) >= 11 is 0. The number of carbonyl (C=O) groups is 2. The molecule has 0 radical (unpaired) electrons. The molecule has 2 N–H and O–H groups in total. The van der Waals surface area contributed by atoms with Crippen LogP contribution in [0, 0.1) is 5.92 Å². The second-order valence-electron chi connectivity index (χ2n) is 5.19. The van der Waals surface area contributed by atoms with Crippen molar-refractivity contribution in [2.75, 3.05) is 13.1 Å². The van der Waals surface area contributed by atoms with Crippen LogP contribution in [-0.4, -0.2) is 24.9 Å². The van der Waals surface area contributed by atoms with E-state index in [1.807, 2.05) is 44.2 Å². The molecule has 4 nitrogen and oxygen atoms in total. The van der Waals surface area contributed by atoms with Gasteiger partial charge in [0.1, 0.15) is 0 Å². The Labute approximate surface area is 126 Å². The van der Waals surface area contributed by atoms with E-state index in [0.717, 1.165) is 18.4 Å². The van der Waals surface area contributed by atoms with Crippen LogP contribution in [-0.2, 0) is 9.59 Å². The number of carbonyl (C=O) groups excluding carboxylic acids is 2. The molecule has 1 aromatic rings. The first-order chi connectivity index (χ1) is 10.1. The lowest BCUT2D eigenvalue weighted by molar-refractivity contribution is -0.124. The summed E-state index contributed by atoms with van der Waals surface area (Å²) in [6.45, 7) is 5.02. The summed E-state index contributed by atoms with van der Waals surface area (Å²) in [7, 11) is 0. The van der Waals surface area contributed by atoms with Crippen LogP contribution in [0.3, 0.4) is 0 Å². The van der Waals surface area contributed by atoms with Crippen molar-refractivity contribution in [1.29, 1.82) is 0 Å². The van der Waals surface area contributed by atoms with E-state index in [-0.39, 0.29) is 17.7 Å². The van der Waals surface area contributed by atoms with Crippen molar-refractivity contribution in [1.82, 2.24) is 10.6 Å². The van der Waals surface area contributed by atoms with Crippen molar-refractivity contribution in [2.45, 2.75) is 26.7 Å². The summed E-state index contributed by atoms with van der Waals surface area (Å²) in [4.78, 5) is 22.9. The molecule has 0 fully saturated rings. The van der Waals surface area contributed by atoms with Gasteiger partial charge in [-0.15, -0.1) is 0 Å². The Bertz CT molecular complexity index is 467. The molecule has 1 rings (SSSR count). The second kappa shape index (κ2) is 9.75. The lowest BCUT2D eigenvalue weighted by atomic mass is 10.2. The molecule has 0 saturated heterocycles. The molecule has 0 aliphatic rings. The highest BCUT2D eigenvalue weighted by molar-refractivity contribution is 5.91. The average molecular weight is 288 g/mol. The number of nitrogens with one attached hydrogen (secondary N) is 2. The maximum Gasteiger partial charge on any atom is 0.243 e. The first-order valence-corrected chi connectivity index (χ1v) is 7.38. The van der Waals surface area contributed by atoms with Gasteiger partial charge in [-0.25, -0.2) is 0 Å². The monoisotopic (exact) mass is 288 g/mol. The smallest absolute Gasteiger partial charge is 0.243 e. The molecular formula is C17H24N2O2. The van der Waals surface area contributed by atoms with E-state index in [1.54, 1.807) is 6.08 Å². The zero-order valence-electron chi connectivity index (χ0n) is 12.8. The van der Waals surface area contributed by atoms with Crippen LogP contribution in [0.5, 0.6) is 0 Å². The number of benzene rings is 1. The quantitative estimate of drug-likeness (QED) is 0.570. The molecule has 0 bridgehead atoms. The maximum atomic E-state index is 11.6. The van der Waals surface area contributed by atoms with Crippen molar-refractivity contribution >= 4 is 17.9 Å². The molecule has 0 aliphatic carbocycles. The zero-order chi connectivity index (χ0) is 15.5. The molecule has 21 heavy (non-hydrogen) atoms. The van der Waals surface area contributed by atoms with Gasteiger partial charge in [-0.05, 0) is 24.5 Å². The van der Waals surface area contributed by atoms with Crippen LogP contribution < -0.4 is 10.6 Å². The third-order valence-corrected chi connectivity index (χ3v) is 2.95. The summed E-state index contributed by atoms with van der Waals surface area (Å²) < 4.78 is 0. The molecule has 0 saturated carbocycles. The zero-order valence-corrected chi connectivity index (χ0v) is 12.8.